The van der Waals surface area contributed by atoms with E-state index >= 15 is 0 Å². The summed E-state index contributed by atoms with van der Waals surface area (Å²) in [6.07, 6.45) is 0. The second-order valence-electron chi connectivity index (χ2n) is 9.03. The Morgan fingerprint density at radius 3 is 1.50 bits per heavy atom. The predicted octanol–water partition coefficient (Wildman–Crippen LogP) is 8.38. The molecule has 0 saturated carbocycles. The topological polar surface area (TPSA) is 25.8 Å². The molecule has 5 aromatic rings. The summed E-state index contributed by atoms with van der Waals surface area (Å²) in [5, 5.41) is 0. The predicted molar refractivity (Wildman–Crippen MR) is 143 cm³/mol. The van der Waals surface area contributed by atoms with Gasteiger partial charge in [0.15, 0.2) is 0 Å². The third kappa shape index (κ3) is 4.40. The molecule has 166 valence electrons. The van der Waals surface area contributed by atoms with E-state index < -0.39 is 0 Å². The van der Waals surface area contributed by atoms with Gasteiger partial charge in [-0.25, -0.2) is 9.97 Å². The van der Waals surface area contributed by atoms with Gasteiger partial charge >= 0.3 is 0 Å². The zero-order valence-electron chi connectivity index (χ0n) is 20.1. The maximum Gasteiger partial charge on any atom is 0.0893 e. The summed E-state index contributed by atoms with van der Waals surface area (Å²) in [5.41, 5.74) is 13.3. The van der Waals surface area contributed by atoms with Gasteiger partial charge in [0, 0.05) is 11.1 Å². The van der Waals surface area contributed by atoms with Crippen LogP contribution in [0.15, 0.2) is 97.1 Å². The molecule has 3 aromatic carbocycles. The molecule has 0 N–H and O–H groups in total. The minimum Gasteiger partial charge on any atom is -0.246 e. The van der Waals surface area contributed by atoms with Gasteiger partial charge in [0.2, 0.25) is 0 Å². The Balaban J connectivity index is 1.55. The van der Waals surface area contributed by atoms with Crippen molar-refractivity contribution in [2.45, 2.75) is 27.7 Å². The maximum absolute atomic E-state index is 5.04. The molecule has 2 heterocycles. The van der Waals surface area contributed by atoms with Crippen LogP contribution in [0.5, 0.6) is 0 Å². The molecular weight excluding hydrogens is 412 g/mol. The first kappa shape index (κ1) is 21.8. The number of aromatic nitrogens is 2. The molecule has 5 rings (SSSR count). The number of aryl methyl sites for hydroxylation is 4. The van der Waals surface area contributed by atoms with Crippen LogP contribution < -0.4 is 0 Å². The maximum atomic E-state index is 5.04. The van der Waals surface area contributed by atoms with Crippen molar-refractivity contribution in [3.05, 3.63) is 119 Å². The molecule has 0 aliphatic heterocycles. The van der Waals surface area contributed by atoms with Crippen molar-refractivity contribution in [1.82, 2.24) is 9.97 Å². The van der Waals surface area contributed by atoms with Crippen LogP contribution in [0.4, 0.5) is 0 Å². The van der Waals surface area contributed by atoms with Crippen LogP contribution in [0, 0.1) is 27.7 Å². The molecule has 2 aromatic heterocycles. The minimum absolute atomic E-state index is 0.879. The second kappa shape index (κ2) is 9.07. The van der Waals surface area contributed by atoms with Crippen LogP contribution in [0.25, 0.3) is 45.0 Å². The number of benzene rings is 3. The van der Waals surface area contributed by atoms with Crippen molar-refractivity contribution in [2.75, 3.05) is 0 Å². The summed E-state index contributed by atoms with van der Waals surface area (Å²) < 4.78 is 0. The molecule has 0 aliphatic carbocycles. The summed E-state index contributed by atoms with van der Waals surface area (Å²) >= 11 is 0. The van der Waals surface area contributed by atoms with Crippen molar-refractivity contribution in [3.63, 3.8) is 0 Å². The molecule has 0 saturated heterocycles. The van der Waals surface area contributed by atoms with Crippen molar-refractivity contribution in [3.8, 4) is 45.0 Å². The highest BCUT2D eigenvalue weighted by atomic mass is 14.8. The highest BCUT2D eigenvalue weighted by molar-refractivity contribution is 5.75. The van der Waals surface area contributed by atoms with E-state index in [1.54, 1.807) is 0 Å². The number of nitrogens with zero attached hydrogens (tertiary/aromatic N) is 2. The van der Waals surface area contributed by atoms with Gasteiger partial charge in [-0.3, -0.25) is 0 Å². The van der Waals surface area contributed by atoms with Crippen LogP contribution >= 0.6 is 0 Å². The van der Waals surface area contributed by atoms with Gasteiger partial charge in [-0.05, 0) is 86.3 Å². The Labute approximate surface area is 202 Å². The van der Waals surface area contributed by atoms with Gasteiger partial charge in [0.25, 0.3) is 0 Å². The first-order valence-electron chi connectivity index (χ1n) is 11.7. The van der Waals surface area contributed by atoms with E-state index in [1.807, 2.05) is 12.1 Å². The largest absolute Gasteiger partial charge is 0.246 e. The van der Waals surface area contributed by atoms with E-state index in [2.05, 4.69) is 113 Å². The smallest absolute Gasteiger partial charge is 0.0893 e. The molecule has 0 radical (unpaired) electrons. The number of hydrogen-bond donors (Lipinski definition) is 0. The molecule has 0 atom stereocenters. The number of pyridine rings is 2. The fourth-order valence-corrected chi connectivity index (χ4v) is 4.29. The summed E-state index contributed by atoms with van der Waals surface area (Å²) in [6, 6.07) is 34.1. The van der Waals surface area contributed by atoms with E-state index in [-0.39, 0.29) is 0 Å². The zero-order chi connectivity index (χ0) is 23.7. The molecule has 2 nitrogen and oxygen atoms in total. The average Bonchev–Trinajstić information content (AvgIpc) is 2.86. The molecular formula is C32H28N2. The third-order valence-corrected chi connectivity index (χ3v) is 6.33. The molecule has 0 bridgehead atoms. The highest BCUT2D eigenvalue weighted by Crippen LogP contribution is 2.31. The normalized spacial score (nSPS) is 10.9. The SMILES string of the molecule is Cc1ccc(-c2ccc(C)c(-c3cccc(-c4cccc(-c5cc(C)ccc5C)n4)n3)c2)cc1. The fourth-order valence-electron chi connectivity index (χ4n) is 4.29. The minimum atomic E-state index is 0.879. The van der Waals surface area contributed by atoms with Gasteiger partial charge in [-0.2, -0.15) is 0 Å². The summed E-state index contributed by atoms with van der Waals surface area (Å²) in [7, 11) is 0. The first-order valence-corrected chi connectivity index (χ1v) is 11.7. The monoisotopic (exact) mass is 440 g/mol. The Kier molecular flexibility index (Phi) is 5.81. The van der Waals surface area contributed by atoms with E-state index in [1.165, 1.54) is 38.9 Å². The summed E-state index contributed by atoms with van der Waals surface area (Å²) in [5.74, 6) is 0. The molecule has 34 heavy (non-hydrogen) atoms. The van der Waals surface area contributed by atoms with Gasteiger partial charge in [0.1, 0.15) is 0 Å². The van der Waals surface area contributed by atoms with Gasteiger partial charge < -0.3 is 0 Å². The van der Waals surface area contributed by atoms with Crippen molar-refractivity contribution in [2.24, 2.45) is 0 Å². The zero-order valence-corrected chi connectivity index (χ0v) is 20.1. The summed E-state index contributed by atoms with van der Waals surface area (Å²) in [6.45, 7) is 8.50. The lowest BCUT2D eigenvalue weighted by Crippen LogP contribution is -1.94. The molecule has 0 unspecified atom stereocenters. The molecule has 0 fully saturated rings. The van der Waals surface area contributed by atoms with Crippen molar-refractivity contribution in [1.29, 1.82) is 0 Å². The number of hydrogen-bond acceptors (Lipinski definition) is 2. The van der Waals surface area contributed by atoms with Crippen LogP contribution in [-0.4, -0.2) is 9.97 Å². The Morgan fingerprint density at radius 2 is 0.882 bits per heavy atom. The van der Waals surface area contributed by atoms with Crippen LogP contribution in [0.2, 0.25) is 0 Å². The highest BCUT2D eigenvalue weighted by Gasteiger charge is 2.11. The van der Waals surface area contributed by atoms with Crippen molar-refractivity contribution >= 4 is 0 Å². The summed E-state index contributed by atoms with van der Waals surface area (Å²) in [4.78, 5) is 10.0. The first-order chi connectivity index (χ1) is 16.5. The lowest BCUT2D eigenvalue weighted by Gasteiger charge is -2.12. The van der Waals surface area contributed by atoms with Crippen LogP contribution in [0.3, 0.4) is 0 Å². The standard InChI is InChI=1S/C32H28N2/c1-21-12-16-25(17-13-21)26-18-15-24(4)28(20-26)30-8-6-10-32(34-30)31-9-5-7-29(33-31)27-19-22(2)11-14-23(27)3/h5-20H,1-4H3. The lowest BCUT2D eigenvalue weighted by molar-refractivity contribution is 1.24. The van der Waals surface area contributed by atoms with E-state index in [0.29, 0.717) is 0 Å². The lowest BCUT2D eigenvalue weighted by atomic mass is 9.97. The second-order valence-corrected chi connectivity index (χ2v) is 9.03. The fraction of sp³-hybridized carbons (Fsp3) is 0.125. The van der Waals surface area contributed by atoms with Crippen LogP contribution in [-0.2, 0) is 0 Å². The Morgan fingerprint density at radius 1 is 0.412 bits per heavy atom. The quantitative estimate of drug-likeness (QED) is 0.280. The Bertz CT molecular complexity index is 1480. The molecule has 2 heteroatoms. The van der Waals surface area contributed by atoms with Gasteiger partial charge in [-0.1, -0.05) is 71.8 Å². The van der Waals surface area contributed by atoms with Crippen LogP contribution in [0.1, 0.15) is 22.3 Å². The average molecular weight is 441 g/mol. The van der Waals surface area contributed by atoms with E-state index in [0.717, 1.165) is 28.3 Å². The molecule has 0 amide bonds. The molecule has 0 spiro atoms. The van der Waals surface area contributed by atoms with Crippen molar-refractivity contribution < 1.29 is 0 Å². The Hall–Kier alpha value is -4.04. The van der Waals surface area contributed by atoms with Gasteiger partial charge in [0.05, 0.1) is 22.8 Å². The third-order valence-electron chi connectivity index (χ3n) is 6.33. The molecule has 0 aliphatic rings. The number of rotatable bonds is 4. The van der Waals surface area contributed by atoms with E-state index in [4.69, 9.17) is 9.97 Å². The van der Waals surface area contributed by atoms with E-state index in [9.17, 15) is 0 Å². The van der Waals surface area contributed by atoms with Gasteiger partial charge in [-0.15, -0.1) is 0 Å².